The van der Waals surface area contributed by atoms with Crippen molar-refractivity contribution in [3.05, 3.63) is 28.7 Å². The fourth-order valence-corrected chi connectivity index (χ4v) is 1.76. The van der Waals surface area contributed by atoms with Crippen LogP contribution in [0, 0.1) is 5.92 Å². The summed E-state index contributed by atoms with van der Waals surface area (Å²) in [4.78, 5) is 4.24. The number of para-hydroxylation sites is 1. The molecule has 0 aromatic heterocycles. The Morgan fingerprint density at radius 3 is 2.68 bits per heavy atom. The number of guanidine groups is 1. The molecule has 0 fully saturated rings. The van der Waals surface area contributed by atoms with E-state index in [-0.39, 0.29) is 6.10 Å². The molecule has 19 heavy (non-hydrogen) atoms. The van der Waals surface area contributed by atoms with Crippen LogP contribution in [0.25, 0.3) is 0 Å². The minimum absolute atomic E-state index is 0.00602. The average Bonchev–Trinajstić information content (AvgIpc) is 2.36. The number of benzene rings is 1. The number of rotatable bonds is 6. The van der Waals surface area contributed by atoms with Crippen molar-refractivity contribution in [3.63, 3.8) is 0 Å². The highest BCUT2D eigenvalue weighted by atomic mass is 79.9. The molecule has 0 aliphatic heterocycles. The van der Waals surface area contributed by atoms with E-state index in [1.165, 1.54) is 0 Å². The maximum atomic E-state index is 5.80. The Morgan fingerprint density at radius 2 is 2.05 bits per heavy atom. The largest absolute Gasteiger partial charge is 0.488 e. The van der Waals surface area contributed by atoms with E-state index in [4.69, 9.17) is 10.5 Å². The van der Waals surface area contributed by atoms with Crippen LogP contribution in [-0.4, -0.2) is 25.2 Å². The standard InChI is InChI=1S/C14H22BrN3O/c1-10(2)8-17-14(16)18-9-11(3)19-13-7-5-4-6-12(13)15/h4-7,10-11H,8-9H2,1-3H3,(H3,16,17,18). The number of halogens is 1. The maximum absolute atomic E-state index is 5.80. The number of aliphatic imine (C=N–C) groups is 1. The minimum atomic E-state index is 0.00602. The van der Waals surface area contributed by atoms with Crippen LogP contribution in [0.4, 0.5) is 0 Å². The van der Waals surface area contributed by atoms with Crippen LogP contribution in [0.15, 0.2) is 33.7 Å². The van der Waals surface area contributed by atoms with Crippen LogP contribution in [-0.2, 0) is 0 Å². The predicted octanol–water partition coefficient (Wildman–Crippen LogP) is 2.78. The SMILES string of the molecule is CC(C)CN=C(N)NCC(C)Oc1ccccc1Br. The summed E-state index contributed by atoms with van der Waals surface area (Å²) in [5.41, 5.74) is 5.77. The van der Waals surface area contributed by atoms with Gasteiger partial charge in [-0.25, -0.2) is 0 Å². The van der Waals surface area contributed by atoms with E-state index >= 15 is 0 Å². The number of hydrogen-bond acceptors (Lipinski definition) is 2. The molecule has 0 heterocycles. The smallest absolute Gasteiger partial charge is 0.188 e. The molecule has 1 atom stereocenters. The van der Waals surface area contributed by atoms with Gasteiger partial charge >= 0.3 is 0 Å². The number of hydrogen-bond donors (Lipinski definition) is 2. The van der Waals surface area contributed by atoms with Crippen molar-refractivity contribution in [1.82, 2.24) is 5.32 Å². The second-order valence-electron chi connectivity index (χ2n) is 4.86. The summed E-state index contributed by atoms with van der Waals surface area (Å²) in [6.45, 7) is 7.56. The molecule has 0 aliphatic rings. The molecule has 106 valence electrons. The highest BCUT2D eigenvalue weighted by molar-refractivity contribution is 9.10. The fourth-order valence-electron chi connectivity index (χ4n) is 1.38. The number of nitrogens with one attached hydrogen (secondary N) is 1. The molecule has 1 aromatic carbocycles. The molecule has 0 saturated carbocycles. The molecule has 0 radical (unpaired) electrons. The molecule has 0 spiro atoms. The molecule has 5 heteroatoms. The van der Waals surface area contributed by atoms with Gasteiger partial charge in [0, 0.05) is 6.54 Å². The van der Waals surface area contributed by atoms with Gasteiger partial charge in [0.1, 0.15) is 11.9 Å². The monoisotopic (exact) mass is 327 g/mol. The van der Waals surface area contributed by atoms with E-state index in [9.17, 15) is 0 Å². The molecular weight excluding hydrogens is 306 g/mol. The summed E-state index contributed by atoms with van der Waals surface area (Å²) < 4.78 is 6.75. The molecule has 0 aliphatic carbocycles. The molecule has 1 unspecified atom stereocenters. The first-order valence-electron chi connectivity index (χ1n) is 6.44. The van der Waals surface area contributed by atoms with Crippen LogP contribution in [0.2, 0.25) is 0 Å². The van der Waals surface area contributed by atoms with Gasteiger partial charge in [0.2, 0.25) is 0 Å². The van der Waals surface area contributed by atoms with Gasteiger partial charge < -0.3 is 15.8 Å². The van der Waals surface area contributed by atoms with Crippen LogP contribution in [0.3, 0.4) is 0 Å². The zero-order valence-corrected chi connectivity index (χ0v) is 13.3. The topological polar surface area (TPSA) is 59.6 Å². The van der Waals surface area contributed by atoms with E-state index in [0.717, 1.165) is 16.8 Å². The van der Waals surface area contributed by atoms with E-state index in [1.54, 1.807) is 0 Å². The summed E-state index contributed by atoms with van der Waals surface area (Å²) in [6, 6.07) is 7.78. The second-order valence-corrected chi connectivity index (χ2v) is 5.71. The number of ether oxygens (including phenoxy) is 1. The van der Waals surface area contributed by atoms with Gasteiger partial charge in [-0.2, -0.15) is 0 Å². The predicted molar refractivity (Wildman–Crippen MR) is 83.6 cm³/mol. The van der Waals surface area contributed by atoms with Crippen molar-refractivity contribution in [3.8, 4) is 5.75 Å². The van der Waals surface area contributed by atoms with Crippen molar-refractivity contribution in [2.75, 3.05) is 13.1 Å². The van der Waals surface area contributed by atoms with Crippen molar-refractivity contribution < 1.29 is 4.74 Å². The Bertz CT molecular complexity index is 421. The van der Waals surface area contributed by atoms with Crippen molar-refractivity contribution >= 4 is 21.9 Å². The van der Waals surface area contributed by atoms with E-state index in [0.29, 0.717) is 18.4 Å². The molecule has 4 nitrogen and oxygen atoms in total. The van der Waals surface area contributed by atoms with Gasteiger partial charge in [-0.3, -0.25) is 4.99 Å². The van der Waals surface area contributed by atoms with Gasteiger partial charge in [0.05, 0.1) is 11.0 Å². The Labute approximate surface area is 123 Å². The Balaban J connectivity index is 2.38. The van der Waals surface area contributed by atoms with E-state index in [1.807, 2.05) is 31.2 Å². The zero-order valence-electron chi connectivity index (χ0n) is 11.7. The summed E-state index contributed by atoms with van der Waals surface area (Å²) in [5, 5.41) is 3.06. The third kappa shape index (κ3) is 6.47. The zero-order chi connectivity index (χ0) is 14.3. The lowest BCUT2D eigenvalue weighted by atomic mass is 10.2. The molecule has 1 aromatic rings. The molecular formula is C14H22BrN3O. The second kappa shape index (κ2) is 8.04. The van der Waals surface area contributed by atoms with Crippen LogP contribution in [0.1, 0.15) is 20.8 Å². The molecule has 1 rings (SSSR count). The lowest BCUT2D eigenvalue weighted by Gasteiger charge is -2.16. The fraction of sp³-hybridized carbons (Fsp3) is 0.500. The normalized spacial score (nSPS) is 13.4. The Hall–Kier alpha value is -1.23. The summed E-state index contributed by atoms with van der Waals surface area (Å²) in [6.07, 6.45) is 0.00602. The van der Waals surface area contributed by atoms with Crippen molar-refractivity contribution in [1.29, 1.82) is 0 Å². The van der Waals surface area contributed by atoms with E-state index < -0.39 is 0 Å². The van der Waals surface area contributed by atoms with Crippen molar-refractivity contribution in [2.24, 2.45) is 16.6 Å². The molecule has 0 bridgehead atoms. The lowest BCUT2D eigenvalue weighted by molar-refractivity contribution is 0.222. The minimum Gasteiger partial charge on any atom is -0.488 e. The highest BCUT2D eigenvalue weighted by Crippen LogP contribution is 2.24. The van der Waals surface area contributed by atoms with Gasteiger partial charge in [-0.1, -0.05) is 26.0 Å². The summed E-state index contributed by atoms with van der Waals surface area (Å²) in [7, 11) is 0. The third-order valence-corrected chi connectivity index (χ3v) is 3.02. The number of nitrogens with zero attached hydrogens (tertiary/aromatic N) is 1. The third-order valence-electron chi connectivity index (χ3n) is 2.36. The maximum Gasteiger partial charge on any atom is 0.188 e. The van der Waals surface area contributed by atoms with Gasteiger partial charge in [-0.05, 0) is 40.9 Å². The summed E-state index contributed by atoms with van der Waals surface area (Å²) in [5.74, 6) is 1.81. The molecule has 0 saturated heterocycles. The Kier molecular flexibility index (Phi) is 6.70. The quantitative estimate of drug-likeness (QED) is 0.624. The molecule has 3 N–H and O–H groups in total. The first-order chi connectivity index (χ1) is 8.99. The van der Waals surface area contributed by atoms with Gasteiger partial charge in [-0.15, -0.1) is 0 Å². The van der Waals surface area contributed by atoms with Crippen LogP contribution >= 0.6 is 15.9 Å². The highest BCUT2D eigenvalue weighted by Gasteiger charge is 2.06. The van der Waals surface area contributed by atoms with Crippen LogP contribution in [0.5, 0.6) is 5.75 Å². The van der Waals surface area contributed by atoms with Crippen molar-refractivity contribution in [2.45, 2.75) is 26.9 Å². The first-order valence-corrected chi connectivity index (χ1v) is 7.23. The summed E-state index contributed by atoms with van der Waals surface area (Å²) >= 11 is 3.45. The molecule has 0 amide bonds. The van der Waals surface area contributed by atoms with Gasteiger partial charge in [0.25, 0.3) is 0 Å². The van der Waals surface area contributed by atoms with Gasteiger partial charge in [0.15, 0.2) is 5.96 Å². The Morgan fingerprint density at radius 1 is 1.37 bits per heavy atom. The average molecular weight is 328 g/mol. The first kappa shape index (κ1) is 15.8. The lowest BCUT2D eigenvalue weighted by Crippen LogP contribution is -2.38. The van der Waals surface area contributed by atoms with E-state index in [2.05, 4.69) is 40.1 Å². The van der Waals surface area contributed by atoms with Crippen LogP contribution < -0.4 is 15.8 Å². The number of nitrogens with two attached hydrogens (primary N) is 1.